The lowest BCUT2D eigenvalue weighted by Crippen LogP contribution is -2.38. The zero-order valence-corrected chi connectivity index (χ0v) is 12.6. The lowest BCUT2D eigenvalue weighted by atomic mass is 10.00. The first-order chi connectivity index (χ1) is 10.2. The molecule has 0 aliphatic carbocycles. The average molecular weight is 305 g/mol. The van der Waals surface area contributed by atoms with E-state index < -0.39 is 0 Å². The lowest BCUT2D eigenvalue weighted by molar-refractivity contribution is 0.0923. The summed E-state index contributed by atoms with van der Waals surface area (Å²) in [5.41, 5.74) is 0.556. The van der Waals surface area contributed by atoms with Crippen LogP contribution in [-0.4, -0.2) is 30.1 Å². The highest BCUT2D eigenvalue weighted by atomic mass is 35.5. The number of amides is 1. The van der Waals surface area contributed by atoms with Gasteiger partial charge < -0.3 is 10.1 Å². The van der Waals surface area contributed by atoms with Crippen LogP contribution in [0.3, 0.4) is 0 Å². The van der Waals surface area contributed by atoms with Crippen LogP contribution in [-0.2, 0) is 4.74 Å². The minimum atomic E-state index is -0.116. The number of hydrogen-bond acceptors (Lipinski definition) is 3. The maximum Gasteiger partial charge on any atom is 0.253 e. The highest BCUT2D eigenvalue weighted by Gasteiger charge is 2.24. The molecule has 2 atom stereocenters. The highest BCUT2D eigenvalue weighted by Crippen LogP contribution is 2.24. The van der Waals surface area contributed by atoms with Crippen molar-refractivity contribution in [2.45, 2.75) is 19.4 Å². The number of nitrogens with zero attached hydrogens (tertiary/aromatic N) is 1. The van der Waals surface area contributed by atoms with Gasteiger partial charge in [-0.3, -0.25) is 4.79 Å². The monoisotopic (exact) mass is 304 g/mol. The first kappa shape index (κ1) is 14.3. The third kappa shape index (κ3) is 2.87. The van der Waals surface area contributed by atoms with Crippen molar-refractivity contribution in [2.24, 2.45) is 5.92 Å². The van der Waals surface area contributed by atoms with E-state index in [1.807, 2.05) is 31.2 Å². The Morgan fingerprint density at radius 3 is 2.90 bits per heavy atom. The molecule has 0 spiro atoms. The van der Waals surface area contributed by atoms with E-state index in [1.165, 1.54) is 6.20 Å². The van der Waals surface area contributed by atoms with Crippen molar-refractivity contribution >= 4 is 28.3 Å². The molecule has 1 aliphatic rings. The molecule has 1 fully saturated rings. The van der Waals surface area contributed by atoms with Crippen molar-refractivity contribution in [2.75, 3.05) is 13.2 Å². The number of pyridine rings is 1. The number of rotatable bonds is 3. The lowest BCUT2D eigenvalue weighted by Gasteiger charge is -2.19. The second kappa shape index (κ2) is 6.00. The molecular weight excluding hydrogens is 288 g/mol. The quantitative estimate of drug-likeness (QED) is 0.887. The molecule has 2 unspecified atom stereocenters. The predicted molar refractivity (Wildman–Crippen MR) is 82.6 cm³/mol. The number of nitrogens with one attached hydrogen (secondary N) is 1. The molecule has 3 rings (SSSR count). The molecular formula is C16H17ClN2O2. The van der Waals surface area contributed by atoms with Crippen LogP contribution in [0.5, 0.6) is 0 Å². The fourth-order valence-electron chi connectivity index (χ4n) is 2.69. The number of fused-ring (bicyclic) bond motifs is 1. The Morgan fingerprint density at radius 1 is 1.43 bits per heavy atom. The summed E-state index contributed by atoms with van der Waals surface area (Å²) in [6.07, 6.45) is 2.53. The summed E-state index contributed by atoms with van der Waals surface area (Å²) in [5.74, 6) is 0.259. The van der Waals surface area contributed by atoms with Gasteiger partial charge in [0.25, 0.3) is 5.91 Å². The van der Waals surface area contributed by atoms with Gasteiger partial charge in [-0.15, -0.1) is 0 Å². The molecule has 1 aliphatic heterocycles. The molecule has 110 valence electrons. The summed E-state index contributed by atoms with van der Waals surface area (Å²) < 4.78 is 5.37. The molecule has 1 aromatic carbocycles. The van der Waals surface area contributed by atoms with Crippen LogP contribution in [0.25, 0.3) is 10.8 Å². The maximum absolute atomic E-state index is 12.5. The van der Waals surface area contributed by atoms with E-state index in [9.17, 15) is 4.79 Å². The van der Waals surface area contributed by atoms with Crippen LogP contribution >= 0.6 is 11.6 Å². The van der Waals surface area contributed by atoms with Gasteiger partial charge in [-0.2, -0.15) is 0 Å². The molecule has 1 N–H and O–H groups in total. The Morgan fingerprint density at radius 2 is 2.19 bits per heavy atom. The van der Waals surface area contributed by atoms with E-state index in [1.54, 1.807) is 0 Å². The van der Waals surface area contributed by atoms with Gasteiger partial charge in [0.2, 0.25) is 0 Å². The summed E-state index contributed by atoms with van der Waals surface area (Å²) in [4.78, 5) is 16.6. The second-order valence-corrected chi connectivity index (χ2v) is 5.75. The molecule has 1 aromatic heterocycles. The summed E-state index contributed by atoms with van der Waals surface area (Å²) in [6.45, 7) is 3.50. The van der Waals surface area contributed by atoms with Gasteiger partial charge in [0.05, 0.1) is 12.2 Å². The largest absolute Gasteiger partial charge is 0.381 e. The van der Waals surface area contributed by atoms with Crippen molar-refractivity contribution in [1.29, 1.82) is 0 Å². The zero-order chi connectivity index (χ0) is 14.8. The number of halogens is 1. The van der Waals surface area contributed by atoms with Crippen LogP contribution in [0.4, 0.5) is 0 Å². The van der Waals surface area contributed by atoms with E-state index in [0.29, 0.717) is 23.2 Å². The van der Waals surface area contributed by atoms with E-state index in [2.05, 4.69) is 10.3 Å². The third-order valence-corrected chi connectivity index (χ3v) is 4.32. The predicted octanol–water partition coefficient (Wildman–Crippen LogP) is 3.04. The molecule has 0 radical (unpaired) electrons. The molecule has 21 heavy (non-hydrogen) atoms. The Labute approximate surface area is 128 Å². The van der Waals surface area contributed by atoms with Crippen LogP contribution in [0.2, 0.25) is 5.15 Å². The molecule has 4 nitrogen and oxygen atoms in total. The number of hydrogen-bond donors (Lipinski definition) is 1. The Balaban J connectivity index is 1.86. The summed E-state index contributed by atoms with van der Waals surface area (Å²) >= 11 is 6.08. The number of aromatic nitrogens is 1. The minimum Gasteiger partial charge on any atom is -0.381 e. The summed E-state index contributed by atoms with van der Waals surface area (Å²) in [7, 11) is 0. The van der Waals surface area contributed by atoms with Gasteiger partial charge in [-0.1, -0.05) is 35.9 Å². The van der Waals surface area contributed by atoms with Gasteiger partial charge in [0.15, 0.2) is 0 Å². The van der Waals surface area contributed by atoms with Gasteiger partial charge in [-0.25, -0.2) is 4.98 Å². The van der Waals surface area contributed by atoms with Gasteiger partial charge in [0.1, 0.15) is 5.15 Å². The fraction of sp³-hybridized carbons (Fsp3) is 0.375. The molecule has 2 heterocycles. The Kier molecular flexibility index (Phi) is 4.08. The summed E-state index contributed by atoms with van der Waals surface area (Å²) in [6, 6.07) is 7.62. The third-order valence-electron chi connectivity index (χ3n) is 4.02. The van der Waals surface area contributed by atoms with Gasteiger partial charge in [0, 0.05) is 30.1 Å². The van der Waals surface area contributed by atoms with Crippen molar-refractivity contribution in [1.82, 2.24) is 10.3 Å². The molecule has 0 saturated carbocycles. The van der Waals surface area contributed by atoms with Crippen LogP contribution in [0.1, 0.15) is 23.7 Å². The minimum absolute atomic E-state index is 0.0782. The van der Waals surface area contributed by atoms with Crippen molar-refractivity contribution in [3.05, 3.63) is 41.2 Å². The smallest absolute Gasteiger partial charge is 0.253 e. The topological polar surface area (TPSA) is 51.2 Å². The van der Waals surface area contributed by atoms with Gasteiger partial charge in [-0.05, 0) is 18.7 Å². The van der Waals surface area contributed by atoms with Crippen molar-refractivity contribution < 1.29 is 9.53 Å². The van der Waals surface area contributed by atoms with E-state index in [4.69, 9.17) is 16.3 Å². The highest BCUT2D eigenvalue weighted by molar-refractivity contribution is 6.34. The molecule has 1 saturated heterocycles. The summed E-state index contributed by atoms with van der Waals surface area (Å²) in [5, 5.41) is 5.08. The average Bonchev–Trinajstić information content (AvgIpc) is 3.02. The molecule has 5 heteroatoms. The second-order valence-electron chi connectivity index (χ2n) is 5.39. The standard InChI is InChI=1S/C16H17ClN2O2/c1-10(11-6-7-21-9-11)19-16(20)14-8-18-15(17)13-5-3-2-4-12(13)14/h2-5,8,10-11H,6-7,9H2,1H3,(H,19,20). The SMILES string of the molecule is CC(NC(=O)c1cnc(Cl)c2ccccc12)C1CCOC1. The van der Waals surface area contributed by atoms with Crippen LogP contribution < -0.4 is 5.32 Å². The normalized spacial score (nSPS) is 19.6. The molecule has 1 amide bonds. The number of carbonyl (C=O) groups excluding carboxylic acids is 1. The number of carbonyl (C=O) groups is 1. The van der Waals surface area contributed by atoms with E-state index in [-0.39, 0.29) is 11.9 Å². The van der Waals surface area contributed by atoms with Gasteiger partial charge >= 0.3 is 0 Å². The molecule has 0 bridgehead atoms. The van der Waals surface area contributed by atoms with Crippen molar-refractivity contribution in [3.8, 4) is 0 Å². The maximum atomic E-state index is 12.5. The number of ether oxygens (including phenoxy) is 1. The first-order valence-electron chi connectivity index (χ1n) is 7.08. The Hall–Kier alpha value is -1.65. The first-order valence-corrected chi connectivity index (χ1v) is 7.46. The van der Waals surface area contributed by atoms with Crippen LogP contribution in [0.15, 0.2) is 30.5 Å². The van der Waals surface area contributed by atoms with Crippen molar-refractivity contribution in [3.63, 3.8) is 0 Å². The fourth-order valence-corrected chi connectivity index (χ4v) is 2.90. The Bertz CT molecular complexity index is 668. The molecule has 2 aromatic rings. The van der Waals surface area contributed by atoms with E-state index >= 15 is 0 Å². The zero-order valence-electron chi connectivity index (χ0n) is 11.8. The van der Waals surface area contributed by atoms with Crippen LogP contribution in [0, 0.1) is 5.92 Å². The van der Waals surface area contributed by atoms with E-state index in [0.717, 1.165) is 23.8 Å². The number of benzene rings is 1.